The van der Waals surface area contributed by atoms with Crippen molar-refractivity contribution in [3.8, 4) is 5.75 Å². The fourth-order valence-electron chi connectivity index (χ4n) is 4.52. The number of rotatable bonds is 6. The maximum Gasteiger partial charge on any atom is 0.265 e. The minimum Gasteiger partial charge on any atom is -0.484 e. The maximum atomic E-state index is 13.4. The number of carbonyl (C=O) groups excluding carboxylic acids is 1. The summed E-state index contributed by atoms with van der Waals surface area (Å²) in [6.45, 7) is 5.12. The molecule has 1 saturated carbocycles. The van der Waals surface area contributed by atoms with Crippen LogP contribution in [-0.2, 0) is 4.79 Å². The number of amides is 1. The molecule has 2 bridgehead atoms. The highest BCUT2D eigenvalue weighted by Crippen LogP contribution is 2.59. The fourth-order valence-corrected chi connectivity index (χ4v) is 4.52. The predicted molar refractivity (Wildman–Crippen MR) is 109 cm³/mol. The van der Waals surface area contributed by atoms with Gasteiger partial charge in [0.1, 0.15) is 11.6 Å². The van der Waals surface area contributed by atoms with Gasteiger partial charge < -0.3 is 9.64 Å². The molecule has 0 saturated heterocycles. The van der Waals surface area contributed by atoms with Gasteiger partial charge in [-0.05, 0) is 66.5 Å². The molecule has 5 rings (SSSR count). The average molecular weight is 379 g/mol. The zero-order chi connectivity index (χ0) is 19.7. The molecule has 0 aromatic heterocycles. The van der Waals surface area contributed by atoms with Gasteiger partial charge in [0.15, 0.2) is 6.61 Å². The van der Waals surface area contributed by atoms with Crippen molar-refractivity contribution in [3.05, 3.63) is 72.1 Å². The Kier molecular flexibility index (Phi) is 4.96. The first-order valence-electron chi connectivity index (χ1n) is 9.88. The van der Waals surface area contributed by atoms with E-state index in [9.17, 15) is 9.18 Å². The number of carbonyl (C=O) groups is 1. The van der Waals surface area contributed by atoms with Crippen LogP contribution in [0.5, 0.6) is 5.75 Å². The van der Waals surface area contributed by atoms with E-state index in [0.29, 0.717) is 29.3 Å². The van der Waals surface area contributed by atoms with Gasteiger partial charge in [-0.1, -0.05) is 43.7 Å². The van der Waals surface area contributed by atoms with Gasteiger partial charge >= 0.3 is 0 Å². The lowest BCUT2D eigenvalue weighted by Crippen LogP contribution is -2.50. The highest BCUT2D eigenvalue weighted by molar-refractivity contribution is 5.94. The molecule has 3 nitrogen and oxygen atoms in total. The topological polar surface area (TPSA) is 29.5 Å². The summed E-state index contributed by atoms with van der Waals surface area (Å²) in [5.74, 6) is 1.48. The standard InChI is InChI=1S/C24H26FNO2/c1-24(2)18-9-8-17(22(24)14-18)15-26(20-12-10-19(25)11-13-20)23(27)16-28-21-6-4-3-5-7-21/h3-8,10-13,18,22H,9,14-16H2,1-2H3. The van der Waals surface area contributed by atoms with Crippen LogP contribution in [0.3, 0.4) is 0 Å². The van der Waals surface area contributed by atoms with Crippen molar-refractivity contribution in [1.82, 2.24) is 0 Å². The molecule has 2 unspecified atom stereocenters. The van der Waals surface area contributed by atoms with Crippen LogP contribution < -0.4 is 9.64 Å². The van der Waals surface area contributed by atoms with Gasteiger partial charge in [0.25, 0.3) is 5.91 Å². The summed E-state index contributed by atoms with van der Waals surface area (Å²) in [4.78, 5) is 14.8. The van der Waals surface area contributed by atoms with Crippen molar-refractivity contribution < 1.29 is 13.9 Å². The summed E-state index contributed by atoms with van der Waals surface area (Å²) in [6, 6.07) is 15.4. The molecule has 2 aromatic rings. The number of allylic oxidation sites excluding steroid dienone is 1. The van der Waals surface area contributed by atoms with Crippen LogP contribution in [0.1, 0.15) is 26.7 Å². The van der Waals surface area contributed by atoms with Gasteiger partial charge in [0.05, 0.1) is 0 Å². The van der Waals surface area contributed by atoms with Gasteiger partial charge in [0.2, 0.25) is 0 Å². The monoisotopic (exact) mass is 379 g/mol. The fraction of sp³-hybridized carbons (Fsp3) is 0.375. The average Bonchev–Trinajstić information content (AvgIpc) is 2.72. The summed E-state index contributed by atoms with van der Waals surface area (Å²) >= 11 is 0. The van der Waals surface area contributed by atoms with Crippen molar-refractivity contribution in [2.24, 2.45) is 17.3 Å². The molecule has 3 aliphatic carbocycles. The zero-order valence-corrected chi connectivity index (χ0v) is 16.4. The van der Waals surface area contributed by atoms with E-state index in [1.165, 1.54) is 24.1 Å². The van der Waals surface area contributed by atoms with Crippen LogP contribution in [0.15, 0.2) is 66.2 Å². The molecular formula is C24H26FNO2. The van der Waals surface area contributed by atoms with Crippen molar-refractivity contribution >= 4 is 11.6 Å². The van der Waals surface area contributed by atoms with Crippen molar-refractivity contribution in [2.45, 2.75) is 26.7 Å². The minimum atomic E-state index is -0.309. The molecule has 1 amide bonds. The molecule has 4 heteroatoms. The van der Waals surface area contributed by atoms with Crippen LogP contribution in [0.2, 0.25) is 0 Å². The number of hydrogen-bond acceptors (Lipinski definition) is 2. The molecule has 28 heavy (non-hydrogen) atoms. The van der Waals surface area contributed by atoms with E-state index in [1.54, 1.807) is 17.0 Å². The second-order valence-electron chi connectivity index (χ2n) is 8.38. The van der Waals surface area contributed by atoms with Gasteiger partial charge in [-0.2, -0.15) is 0 Å². The first kappa shape index (κ1) is 18.7. The molecule has 0 N–H and O–H groups in total. The Labute approximate surface area is 165 Å². The number of benzene rings is 2. The van der Waals surface area contributed by atoms with Gasteiger partial charge in [-0.15, -0.1) is 0 Å². The number of hydrogen-bond donors (Lipinski definition) is 0. The van der Waals surface area contributed by atoms with Crippen molar-refractivity contribution in [1.29, 1.82) is 0 Å². The SMILES string of the molecule is CC1(C)C2CC=C(CN(C(=O)COc3ccccc3)c3ccc(F)cc3)C1C2. The molecule has 0 radical (unpaired) electrons. The number of nitrogens with zero attached hydrogens (tertiary/aromatic N) is 1. The summed E-state index contributed by atoms with van der Waals surface area (Å²) in [6.07, 6.45) is 4.57. The number of anilines is 1. The largest absolute Gasteiger partial charge is 0.484 e. The van der Waals surface area contributed by atoms with E-state index in [2.05, 4.69) is 19.9 Å². The molecule has 2 atom stereocenters. The van der Waals surface area contributed by atoms with E-state index in [1.807, 2.05) is 30.3 Å². The summed E-state index contributed by atoms with van der Waals surface area (Å²) in [5, 5.41) is 0. The third kappa shape index (κ3) is 3.56. The highest BCUT2D eigenvalue weighted by atomic mass is 19.1. The van der Waals surface area contributed by atoms with Gasteiger partial charge in [-0.3, -0.25) is 4.79 Å². The Morgan fingerprint density at radius 1 is 1.14 bits per heavy atom. The second kappa shape index (κ2) is 7.42. The Bertz CT molecular complexity index is 873. The molecule has 2 aromatic carbocycles. The van der Waals surface area contributed by atoms with E-state index < -0.39 is 0 Å². The van der Waals surface area contributed by atoms with Crippen LogP contribution in [-0.4, -0.2) is 19.1 Å². The van der Waals surface area contributed by atoms with Crippen LogP contribution in [0.25, 0.3) is 0 Å². The third-order valence-corrected chi connectivity index (χ3v) is 6.47. The lowest BCUT2D eigenvalue weighted by Gasteiger charge is -2.57. The smallest absolute Gasteiger partial charge is 0.265 e. The van der Waals surface area contributed by atoms with Gasteiger partial charge in [-0.25, -0.2) is 4.39 Å². The third-order valence-electron chi connectivity index (χ3n) is 6.47. The van der Waals surface area contributed by atoms with Gasteiger partial charge in [0, 0.05) is 12.2 Å². The molecule has 0 heterocycles. The van der Waals surface area contributed by atoms with E-state index in [4.69, 9.17) is 4.74 Å². The lowest BCUT2D eigenvalue weighted by atomic mass is 9.49. The van der Waals surface area contributed by atoms with E-state index in [-0.39, 0.29) is 18.3 Å². The Morgan fingerprint density at radius 2 is 1.86 bits per heavy atom. The van der Waals surface area contributed by atoms with Crippen molar-refractivity contribution in [2.75, 3.05) is 18.1 Å². The normalized spacial score (nSPS) is 22.0. The number of ether oxygens (including phenoxy) is 1. The van der Waals surface area contributed by atoms with Crippen LogP contribution >= 0.6 is 0 Å². The van der Waals surface area contributed by atoms with Crippen molar-refractivity contribution in [3.63, 3.8) is 0 Å². The first-order chi connectivity index (χ1) is 13.4. The Balaban J connectivity index is 1.53. The second-order valence-corrected chi connectivity index (χ2v) is 8.38. The van der Waals surface area contributed by atoms with Crippen LogP contribution in [0.4, 0.5) is 10.1 Å². The summed E-state index contributed by atoms with van der Waals surface area (Å²) in [5.41, 5.74) is 2.30. The quantitative estimate of drug-likeness (QED) is 0.643. The summed E-state index contributed by atoms with van der Waals surface area (Å²) in [7, 11) is 0. The molecule has 1 fully saturated rings. The number of para-hydroxylation sites is 1. The Morgan fingerprint density at radius 3 is 2.50 bits per heavy atom. The zero-order valence-electron chi connectivity index (χ0n) is 16.4. The van der Waals surface area contributed by atoms with Crippen LogP contribution in [0, 0.1) is 23.1 Å². The highest BCUT2D eigenvalue weighted by Gasteiger charge is 2.51. The molecular weight excluding hydrogens is 353 g/mol. The van der Waals surface area contributed by atoms with E-state index in [0.717, 1.165) is 12.3 Å². The molecule has 0 aliphatic heterocycles. The molecule has 0 spiro atoms. The lowest BCUT2D eigenvalue weighted by molar-refractivity contribution is -0.120. The maximum absolute atomic E-state index is 13.4. The summed E-state index contributed by atoms with van der Waals surface area (Å²) < 4.78 is 19.1. The number of fused-ring (bicyclic) bond motifs is 1. The Hall–Kier alpha value is -2.62. The molecule has 3 aliphatic rings. The minimum absolute atomic E-state index is 0.0502. The van der Waals surface area contributed by atoms with E-state index >= 15 is 0 Å². The molecule has 146 valence electrons. The number of halogens is 1. The first-order valence-corrected chi connectivity index (χ1v) is 9.88. The predicted octanol–water partition coefficient (Wildman–Crippen LogP) is 5.23.